The third-order valence-corrected chi connectivity index (χ3v) is 3.11. The smallest absolute Gasteiger partial charge is 0.256 e. The summed E-state index contributed by atoms with van der Waals surface area (Å²) < 4.78 is 5.67. The minimum atomic E-state index is -0.276. The van der Waals surface area contributed by atoms with Crippen LogP contribution < -0.4 is 15.8 Å². The Morgan fingerprint density at radius 2 is 2.04 bits per heavy atom. The van der Waals surface area contributed by atoms with Gasteiger partial charge in [-0.3, -0.25) is 4.79 Å². The summed E-state index contributed by atoms with van der Waals surface area (Å²) in [4.78, 5) is 15.9. The van der Waals surface area contributed by atoms with Gasteiger partial charge in [-0.25, -0.2) is 4.98 Å². The lowest BCUT2D eigenvalue weighted by atomic mass is 10.1. The lowest BCUT2D eigenvalue weighted by Gasteiger charge is -2.11. The number of pyridine rings is 1. The average Bonchev–Trinajstić information content (AvgIpc) is 2.56. The normalized spacial score (nSPS) is 11.3. The quantitative estimate of drug-likeness (QED) is 0.742. The maximum absolute atomic E-state index is 11.8. The minimum absolute atomic E-state index is 0. The number of carbonyl (C=O) groups excluding carboxylic acids is 1. The van der Waals surface area contributed by atoms with Crippen molar-refractivity contribution in [3.8, 4) is 11.6 Å². The zero-order chi connectivity index (χ0) is 15.9. The third kappa shape index (κ3) is 5.21. The fraction of sp³-hybridized carbons (Fsp3) is 0.250. The zero-order valence-corrected chi connectivity index (χ0v) is 13.5. The van der Waals surface area contributed by atoms with Crippen LogP contribution in [0.1, 0.15) is 15.9 Å². The molecule has 4 N–H and O–H groups in total. The van der Waals surface area contributed by atoms with Gasteiger partial charge in [-0.2, -0.15) is 0 Å². The number of halogens is 1. The molecule has 0 fully saturated rings. The van der Waals surface area contributed by atoms with Crippen molar-refractivity contribution in [1.29, 1.82) is 0 Å². The van der Waals surface area contributed by atoms with Crippen LogP contribution in [0.5, 0.6) is 11.6 Å². The summed E-state index contributed by atoms with van der Waals surface area (Å²) in [7, 11) is 1.55. The van der Waals surface area contributed by atoms with Gasteiger partial charge < -0.3 is 20.9 Å². The van der Waals surface area contributed by atoms with E-state index >= 15 is 0 Å². The van der Waals surface area contributed by atoms with Crippen LogP contribution in [0.15, 0.2) is 42.6 Å². The SMILES string of the molecule is CNC(=O)c1cccnc1Oc1ccc(C[C@H](N)CO)cc1.Cl. The third-order valence-electron chi connectivity index (χ3n) is 3.11. The molecule has 0 spiro atoms. The molecule has 124 valence electrons. The van der Waals surface area contributed by atoms with E-state index in [2.05, 4.69) is 10.3 Å². The van der Waals surface area contributed by atoms with Crippen LogP contribution >= 0.6 is 12.4 Å². The summed E-state index contributed by atoms with van der Waals surface area (Å²) >= 11 is 0. The van der Waals surface area contributed by atoms with E-state index in [0.717, 1.165) is 5.56 Å². The molecule has 1 aromatic heterocycles. The predicted octanol–water partition coefficient (Wildman–Crippen LogP) is 1.52. The maximum atomic E-state index is 11.8. The Kier molecular flexibility index (Phi) is 7.47. The van der Waals surface area contributed by atoms with Gasteiger partial charge in [0.15, 0.2) is 0 Å². The molecule has 23 heavy (non-hydrogen) atoms. The number of hydrogen-bond acceptors (Lipinski definition) is 5. The molecule has 2 rings (SSSR count). The number of hydrogen-bond donors (Lipinski definition) is 3. The van der Waals surface area contributed by atoms with Crippen LogP contribution in [0, 0.1) is 0 Å². The molecule has 1 amide bonds. The predicted molar refractivity (Wildman–Crippen MR) is 90.2 cm³/mol. The Morgan fingerprint density at radius 3 is 2.65 bits per heavy atom. The molecule has 2 aromatic rings. The number of benzene rings is 1. The van der Waals surface area contributed by atoms with Crippen LogP contribution in [0.25, 0.3) is 0 Å². The summed E-state index contributed by atoms with van der Waals surface area (Å²) in [5, 5.41) is 11.5. The molecule has 0 bridgehead atoms. The molecule has 1 heterocycles. The second-order valence-electron chi connectivity index (χ2n) is 4.83. The van der Waals surface area contributed by atoms with Crippen molar-refractivity contribution in [2.75, 3.05) is 13.7 Å². The first kappa shape index (κ1) is 18.9. The van der Waals surface area contributed by atoms with Gasteiger partial charge in [0.2, 0.25) is 5.88 Å². The van der Waals surface area contributed by atoms with E-state index in [1.165, 1.54) is 0 Å². The first-order chi connectivity index (χ1) is 10.6. The van der Waals surface area contributed by atoms with Crippen LogP contribution in [0.2, 0.25) is 0 Å². The van der Waals surface area contributed by atoms with Gasteiger partial charge in [0.05, 0.1) is 6.61 Å². The number of nitrogens with zero attached hydrogens (tertiary/aromatic N) is 1. The second-order valence-corrected chi connectivity index (χ2v) is 4.83. The van der Waals surface area contributed by atoms with Gasteiger partial charge in [0.25, 0.3) is 5.91 Å². The van der Waals surface area contributed by atoms with E-state index in [1.807, 2.05) is 12.1 Å². The fourth-order valence-electron chi connectivity index (χ4n) is 1.95. The zero-order valence-electron chi connectivity index (χ0n) is 12.7. The monoisotopic (exact) mass is 337 g/mol. The first-order valence-electron chi connectivity index (χ1n) is 6.94. The van der Waals surface area contributed by atoms with Crippen molar-refractivity contribution in [3.05, 3.63) is 53.7 Å². The molecule has 0 saturated carbocycles. The lowest BCUT2D eigenvalue weighted by molar-refractivity contribution is 0.0960. The summed E-state index contributed by atoms with van der Waals surface area (Å²) in [5.74, 6) is 0.570. The Balaban J connectivity index is 0.00000264. The highest BCUT2D eigenvalue weighted by atomic mass is 35.5. The number of amides is 1. The first-order valence-corrected chi connectivity index (χ1v) is 6.94. The van der Waals surface area contributed by atoms with Crippen molar-refractivity contribution in [2.24, 2.45) is 5.73 Å². The van der Waals surface area contributed by atoms with Crippen molar-refractivity contribution in [2.45, 2.75) is 12.5 Å². The van der Waals surface area contributed by atoms with Crippen molar-refractivity contribution in [1.82, 2.24) is 10.3 Å². The van der Waals surface area contributed by atoms with Crippen LogP contribution in [0.3, 0.4) is 0 Å². The molecule has 0 aliphatic rings. The number of carbonyl (C=O) groups is 1. The topological polar surface area (TPSA) is 97.5 Å². The second kappa shape index (κ2) is 9.09. The summed E-state index contributed by atoms with van der Waals surface area (Å²) in [5.41, 5.74) is 7.07. The number of aliphatic hydroxyl groups is 1. The molecule has 1 aromatic carbocycles. The molecular formula is C16H20ClN3O3. The number of aliphatic hydroxyl groups excluding tert-OH is 1. The van der Waals surface area contributed by atoms with E-state index in [9.17, 15) is 4.79 Å². The molecule has 7 heteroatoms. The van der Waals surface area contributed by atoms with Crippen LogP contribution in [0.4, 0.5) is 0 Å². The van der Waals surface area contributed by atoms with Crippen molar-refractivity contribution in [3.63, 3.8) is 0 Å². The highest BCUT2D eigenvalue weighted by Gasteiger charge is 2.12. The van der Waals surface area contributed by atoms with Crippen molar-refractivity contribution >= 4 is 18.3 Å². The van der Waals surface area contributed by atoms with Crippen LogP contribution in [-0.2, 0) is 6.42 Å². The molecule has 0 aliphatic heterocycles. The van der Waals surface area contributed by atoms with E-state index < -0.39 is 0 Å². The molecule has 0 saturated heterocycles. The van der Waals surface area contributed by atoms with Gasteiger partial charge in [-0.15, -0.1) is 12.4 Å². The Labute approximate surface area is 141 Å². The van der Waals surface area contributed by atoms with E-state index in [1.54, 1.807) is 37.5 Å². The highest BCUT2D eigenvalue weighted by molar-refractivity contribution is 5.96. The summed E-state index contributed by atoms with van der Waals surface area (Å²) in [6.45, 7) is -0.0539. The Bertz CT molecular complexity index is 635. The largest absolute Gasteiger partial charge is 0.438 e. The average molecular weight is 338 g/mol. The number of nitrogens with two attached hydrogens (primary N) is 1. The molecule has 0 unspecified atom stereocenters. The Morgan fingerprint density at radius 1 is 1.35 bits per heavy atom. The maximum Gasteiger partial charge on any atom is 0.256 e. The molecular weight excluding hydrogens is 318 g/mol. The van der Waals surface area contributed by atoms with Crippen molar-refractivity contribution < 1.29 is 14.6 Å². The van der Waals surface area contributed by atoms with E-state index in [-0.39, 0.29) is 36.8 Å². The summed E-state index contributed by atoms with van der Waals surface area (Å²) in [6, 6.07) is 10.3. The van der Waals surface area contributed by atoms with Gasteiger partial charge in [0, 0.05) is 19.3 Å². The minimum Gasteiger partial charge on any atom is -0.438 e. The van der Waals surface area contributed by atoms with E-state index in [0.29, 0.717) is 17.7 Å². The summed E-state index contributed by atoms with van der Waals surface area (Å²) in [6.07, 6.45) is 2.15. The molecule has 6 nitrogen and oxygen atoms in total. The number of aromatic nitrogens is 1. The Hall–Kier alpha value is -2.15. The lowest BCUT2D eigenvalue weighted by Crippen LogP contribution is -2.26. The van der Waals surface area contributed by atoms with Gasteiger partial charge in [-0.05, 0) is 36.2 Å². The van der Waals surface area contributed by atoms with E-state index in [4.69, 9.17) is 15.6 Å². The number of rotatable bonds is 6. The van der Waals surface area contributed by atoms with Gasteiger partial charge >= 0.3 is 0 Å². The van der Waals surface area contributed by atoms with Gasteiger partial charge in [-0.1, -0.05) is 12.1 Å². The van der Waals surface area contributed by atoms with Crippen LogP contribution in [-0.4, -0.2) is 35.7 Å². The standard InChI is InChI=1S/C16H19N3O3.ClH/c1-18-15(21)14-3-2-8-19-16(14)22-13-6-4-11(5-7-13)9-12(17)10-20;/h2-8,12,20H,9-10,17H2,1H3,(H,18,21);1H/t12-;/m0./s1. The molecule has 0 radical (unpaired) electrons. The fourth-order valence-corrected chi connectivity index (χ4v) is 1.95. The highest BCUT2D eigenvalue weighted by Crippen LogP contribution is 2.23. The molecule has 0 aliphatic carbocycles. The van der Waals surface area contributed by atoms with Gasteiger partial charge in [0.1, 0.15) is 11.3 Å². The number of nitrogens with one attached hydrogen (secondary N) is 1. The molecule has 1 atom stereocenters. The number of ether oxygens (including phenoxy) is 1.